The van der Waals surface area contributed by atoms with Gasteiger partial charge in [-0.3, -0.25) is 0 Å². The van der Waals surface area contributed by atoms with Gasteiger partial charge in [0.1, 0.15) is 18.0 Å². The number of anilines is 1. The Morgan fingerprint density at radius 2 is 1.91 bits per heavy atom. The van der Waals surface area contributed by atoms with Crippen LogP contribution in [0.15, 0.2) is 53.4 Å². The smallest absolute Gasteiger partial charge is 0.351 e. The van der Waals surface area contributed by atoms with Gasteiger partial charge in [-0.15, -0.1) is 0 Å². The molecule has 0 amide bonds. The second-order valence-corrected chi connectivity index (χ2v) is 7.52. The minimum absolute atomic E-state index is 0.339. The molecule has 0 bridgehead atoms. The van der Waals surface area contributed by atoms with E-state index in [1.807, 2.05) is 31.3 Å². The monoisotopic (exact) mass is 442 g/mol. The zero-order valence-corrected chi connectivity index (χ0v) is 17.6. The highest BCUT2D eigenvalue weighted by molar-refractivity contribution is 5.65. The minimum Gasteiger partial charge on any atom is -0.354 e. The molecule has 0 aliphatic carbocycles. The molecule has 0 spiro atoms. The summed E-state index contributed by atoms with van der Waals surface area (Å²) in [4.78, 5) is 23.9. The second-order valence-electron chi connectivity index (χ2n) is 7.52. The number of nitrogens with two attached hydrogens (primary N) is 1. The van der Waals surface area contributed by atoms with E-state index in [2.05, 4.69) is 25.3 Å². The Bertz CT molecular complexity index is 1180. The maximum atomic E-state index is 12.9. The summed E-state index contributed by atoms with van der Waals surface area (Å²) >= 11 is 0. The topological polar surface area (TPSA) is 107 Å². The van der Waals surface area contributed by atoms with Crippen molar-refractivity contribution in [1.82, 2.24) is 29.6 Å². The number of rotatable bonds is 6. The lowest BCUT2D eigenvalue weighted by Crippen LogP contribution is -2.43. The molecule has 4 heterocycles. The lowest BCUT2D eigenvalue weighted by Gasteiger charge is -2.28. The van der Waals surface area contributed by atoms with Crippen LogP contribution in [0.3, 0.4) is 0 Å². The fraction of sp³-hybridized carbons (Fsp3) is 0.333. The van der Waals surface area contributed by atoms with Crippen molar-refractivity contribution in [2.75, 3.05) is 37.6 Å². The molecule has 11 heteroatoms. The van der Waals surface area contributed by atoms with E-state index >= 15 is 0 Å². The number of pyridine rings is 2. The predicted octanol–water partition coefficient (Wildman–Crippen LogP) is 1.32. The predicted molar refractivity (Wildman–Crippen MR) is 117 cm³/mol. The molecule has 1 fully saturated rings. The molecule has 168 valence electrons. The molecular weight excluding hydrogens is 418 g/mol. The molecule has 1 aliphatic rings. The first-order chi connectivity index (χ1) is 15.5. The van der Waals surface area contributed by atoms with Crippen molar-refractivity contribution >= 4 is 5.82 Å². The van der Waals surface area contributed by atoms with Gasteiger partial charge in [-0.25, -0.2) is 24.0 Å². The van der Waals surface area contributed by atoms with Gasteiger partial charge in [0.05, 0.1) is 6.54 Å². The van der Waals surface area contributed by atoms with Crippen molar-refractivity contribution in [2.45, 2.75) is 13.5 Å². The molecule has 3 aromatic heterocycles. The third kappa shape index (κ3) is 4.43. The third-order valence-corrected chi connectivity index (χ3v) is 5.39. The highest BCUT2D eigenvalue weighted by Gasteiger charge is 2.15. The van der Waals surface area contributed by atoms with Gasteiger partial charge in [0, 0.05) is 61.8 Å². The number of piperazine rings is 1. The molecule has 9 nitrogen and oxygen atoms in total. The van der Waals surface area contributed by atoms with E-state index in [4.69, 9.17) is 5.73 Å². The summed E-state index contributed by atoms with van der Waals surface area (Å²) < 4.78 is 27.9. The maximum absolute atomic E-state index is 12.9. The number of nitrogens with one attached hydrogen (secondary N) is 1. The summed E-state index contributed by atoms with van der Waals surface area (Å²) in [6.07, 6.45) is 2.83. The van der Waals surface area contributed by atoms with E-state index in [-0.39, 0.29) is 18.7 Å². The zero-order valence-electron chi connectivity index (χ0n) is 17.6. The lowest BCUT2D eigenvalue weighted by atomic mass is 10.1. The lowest BCUT2D eigenvalue weighted by molar-refractivity contribution is 0.400. The van der Waals surface area contributed by atoms with Crippen molar-refractivity contribution in [2.24, 2.45) is 5.73 Å². The Morgan fingerprint density at radius 1 is 1.16 bits per heavy atom. The molecule has 3 aromatic rings. The van der Waals surface area contributed by atoms with Gasteiger partial charge in [-0.2, -0.15) is 13.9 Å². The number of hydrogen-bond acceptors (Lipinski definition) is 7. The van der Waals surface area contributed by atoms with Crippen LogP contribution in [0.1, 0.15) is 5.56 Å². The summed E-state index contributed by atoms with van der Waals surface area (Å²) in [5, 5.41) is 7.24. The quantitative estimate of drug-likeness (QED) is 0.593. The Hall–Kier alpha value is -3.44. The van der Waals surface area contributed by atoms with Crippen LogP contribution in [0.2, 0.25) is 0 Å². The van der Waals surface area contributed by atoms with Crippen molar-refractivity contribution in [1.29, 1.82) is 0 Å². The molecule has 3 N–H and O–H groups in total. The molecule has 0 atom stereocenters. The van der Waals surface area contributed by atoms with Gasteiger partial charge in [0.2, 0.25) is 0 Å². The van der Waals surface area contributed by atoms with Gasteiger partial charge in [-0.1, -0.05) is 0 Å². The van der Waals surface area contributed by atoms with E-state index in [0.29, 0.717) is 5.82 Å². The summed E-state index contributed by atoms with van der Waals surface area (Å²) in [5.41, 5.74) is 6.93. The van der Waals surface area contributed by atoms with E-state index in [1.165, 1.54) is 10.9 Å². The van der Waals surface area contributed by atoms with Crippen molar-refractivity contribution < 1.29 is 8.78 Å². The highest BCUT2D eigenvalue weighted by Crippen LogP contribution is 2.23. The number of hydrogen-bond donors (Lipinski definition) is 2. The zero-order chi connectivity index (χ0) is 22.7. The number of aromatic nitrogens is 5. The van der Waals surface area contributed by atoms with Crippen molar-refractivity contribution in [3.05, 3.63) is 64.6 Å². The van der Waals surface area contributed by atoms with Crippen LogP contribution in [-0.2, 0) is 6.54 Å². The summed E-state index contributed by atoms with van der Waals surface area (Å²) in [6.45, 7) is 4.83. The molecule has 0 saturated carbocycles. The van der Waals surface area contributed by atoms with E-state index in [0.717, 1.165) is 53.4 Å². The Balaban J connectivity index is 1.56. The first kappa shape index (κ1) is 21.8. The van der Waals surface area contributed by atoms with Crippen LogP contribution < -0.4 is 21.6 Å². The normalized spacial score (nSPS) is 13.9. The molecule has 0 unspecified atom stereocenters. The van der Waals surface area contributed by atoms with Crippen LogP contribution in [0.5, 0.6) is 0 Å². The molecule has 32 heavy (non-hydrogen) atoms. The first-order valence-corrected chi connectivity index (χ1v) is 10.2. The summed E-state index contributed by atoms with van der Waals surface area (Å²) in [7, 11) is 0. The number of aryl methyl sites for hydroxylation is 1. The number of halogens is 2. The molecule has 1 aliphatic heterocycles. The largest absolute Gasteiger partial charge is 0.354 e. The third-order valence-electron chi connectivity index (χ3n) is 5.39. The van der Waals surface area contributed by atoms with Gasteiger partial charge < -0.3 is 16.0 Å². The maximum Gasteiger partial charge on any atom is 0.351 e. The van der Waals surface area contributed by atoms with Crippen LogP contribution in [0.25, 0.3) is 16.9 Å². The first-order valence-electron chi connectivity index (χ1n) is 10.2. The SMILES string of the molecule is Cc1cc(-c2ccc(N3CCNCC3)nc2)cnc1-n1cnn(CC(CN)=C(F)F)c1=O. The molecular formula is C21H24F2N8O. The van der Waals surface area contributed by atoms with Gasteiger partial charge in [0.15, 0.2) is 0 Å². The van der Waals surface area contributed by atoms with E-state index in [1.54, 1.807) is 6.20 Å². The van der Waals surface area contributed by atoms with Crippen LogP contribution in [-0.4, -0.2) is 57.0 Å². The fourth-order valence-electron chi connectivity index (χ4n) is 3.59. The van der Waals surface area contributed by atoms with Crippen LogP contribution in [0.4, 0.5) is 14.6 Å². The van der Waals surface area contributed by atoms with Crippen LogP contribution >= 0.6 is 0 Å². The molecule has 0 aromatic carbocycles. The molecule has 0 radical (unpaired) electrons. The average Bonchev–Trinajstić information content (AvgIpc) is 3.17. The summed E-state index contributed by atoms with van der Waals surface area (Å²) in [6, 6.07) is 5.89. The second kappa shape index (κ2) is 9.37. The average molecular weight is 442 g/mol. The summed E-state index contributed by atoms with van der Waals surface area (Å²) in [5.74, 6) is 1.32. The Labute approximate surface area is 183 Å². The Kier molecular flexibility index (Phi) is 6.37. The molecule has 4 rings (SSSR count). The number of nitrogens with zero attached hydrogens (tertiary/aromatic N) is 6. The van der Waals surface area contributed by atoms with E-state index < -0.39 is 11.8 Å². The van der Waals surface area contributed by atoms with Gasteiger partial charge in [0.25, 0.3) is 6.08 Å². The standard InChI is InChI=1S/C21H24F2N8O/c1-14-8-16(15-2-3-18(26-10-15)29-6-4-25-5-7-29)11-27-20(14)30-13-28-31(21(30)32)12-17(9-24)19(22)23/h2-3,8,10-11,13,25H,4-7,9,12,24H2,1H3. The van der Waals surface area contributed by atoms with Crippen LogP contribution in [0, 0.1) is 6.92 Å². The fourth-order valence-corrected chi connectivity index (χ4v) is 3.59. The minimum atomic E-state index is -1.90. The van der Waals surface area contributed by atoms with Crippen molar-refractivity contribution in [3.63, 3.8) is 0 Å². The molecule has 1 saturated heterocycles. The Morgan fingerprint density at radius 3 is 2.53 bits per heavy atom. The van der Waals surface area contributed by atoms with E-state index in [9.17, 15) is 13.6 Å². The highest BCUT2D eigenvalue weighted by atomic mass is 19.3. The van der Waals surface area contributed by atoms with Gasteiger partial charge >= 0.3 is 5.69 Å². The van der Waals surface area contributed by atoms with Crippen molar-refractivity contribution in [3.8, 4) is 16.9 Å². The van der Waals surface area contributed by atoms with Gasteiger partial charge in [-0.05, 0) is 30.7 Å².